The lowest BCUT2D eigenvalue weighted by Crippen LogP contribution is -2.53. The summed E-state index contributed by atoms with van der Waals surface area (Å²) in [4.78, 5) is 2.28. The summed E-state index contributed by atoms with van der Waals surface area (Å²) in [6.07, 6.45) is 0. The zero-order chi connectivity index (χ0) is 15.5. The monoisotopic (exact) mass is 309 g/mol. The first-order chi connectivity index (χ1) is 9.94. The molecule has 1 heterocycles. The highest BCUT2D eigenvalue weighted by Gasteiger charge is 2.29. The molecular weight excluding hydrogens is 289 g/mol. The lowest BCUT2D eigenvalue weighted by molar-refractivity contribution is 0.145. The number of hydrogen-bond donors (Lipinski definition) is 1. The van der Waals surface area contributed by atoms with Gasteiger partial charge in [0.05, 0.1) is 5.69 Å². The molecule has 2 rings (SSSR count). The first-order valence-corrected chi connectivity index (χ1v) is 8.45. The maximum absolute atomic E-state index is 13.6. The summed E-state index contributed by atoms with van der Waals surface area (Å²) in [6, 6.07) is 6.48. The Labute approximate surface area is 127 Å². The molecule has 0 aromatic heterocycles. The molecule has 4 nitrogen and oxygen atoms in total. The molecule has 1 fully saturated rings. The van der Waals surface area contributed by atoms with Gasteiger partial charge < -0.3 is 5.32 Å². The second kappa shape index (κ2) is 6.54. The smallest absolute Gasteiger partial charge is 0.143 e. The summed E-state index contributed by atoms with van der Waals surface area (Å²) >= 11 is 0. The van der Waals surface area contributed by atoms with Gasteiger partial charge in [0.2, 0.25) is 0 Å². The van der Waals surface area contributed by atoms with E-state index in [0.29, 0.717) is 23.7 Å². The van der Waals surface area contributed by atoms with E-state index in [-0.39, 0.29) is 11.1 Å². The largest absolute Gasteiger partial charge is 0.382 e. The van der Waals surface area contributed by atoms with Crippen LogP contribution in [0.5, 0.6) is 0 Å². The molecule has 0 saturated carbocycles. The zero-order valence-corrected chi connectivity index (χ0v) is 13.2. The molecule has 0 spiro atoms. The number of nitrogens with zero attached hydrogens (tertiary/aromatic N) is 2. The first-order valence-electron chi connectivity index (χ1n) is 6.96. The molecule has 1 aliphatic rings. The van der Waals surface area contributed by atoms with Gasteiger partial charge in [-0.05, 0) is 26.0 Å². The molecule has 1 aliphatic heterocycles. The Morgan fingerprint density at radius 3 is 2.71 bits per heavy atom. The third kappa shape index (κ3) is 3.80. The third-order valence-corrected chi connectivity index (χ3v) is 5.15. The molecule has 21 heavy (non-hydrogen) atoms. The summed E-state index contributed by atoms with van der Waals surface area (Å²) in [5.74, 6) is 0.897. The predicted molar refractivity (Wildman–Crippen MR) is 83.1 cm³/mol. The number of nitrogens with one attached hydrogen (secondary N) is 1. The van der Waals surface area contributed by atoms with Gasteiger partial charge in [-0.15, -0.1) is 0 Å². The summed E-state index contributed by atoms with van der Waals surface area (Å²) in [7, 11) is -0.699. The van der Waals surface area contributed by atoms with Gasteiger partial charge in [0.25, 0.3) is 0 Å². The average molecular weight is 309 g/mol. The van der Waals surface area contributed by atoms with Crippen molar-refractivity contribution in [3.05, 3.63) is 29.6 Å². The number of hydrogen-bond acceptors (Lipinski definition) is 4. The lowest BCUT2D eigenvalue weighted by Gasteiger charge is -2.41. The molecule has 1 aromatic rings. The molecule has 114 valence electrons. The van der Waals surface area contributed by atoms with Crippen LogP contribution >= 0.6 is 0 Å². The Hall–Kier alpha value is -1.45. The number of benzene rings is 1. The Morgan fingerprint density at radius 2 is 2.10 bits per heavy atom. The van der Waals surface area contributed by atoms with Gasteiger partial charge in [0.1, 0.15) is 17.4 Å². The second-order valence-electron chi connectivity index (χ2n) is 5.78. The van der Waals surface area contributed by atoms with Crippen LogP contribution < -0.4 is 5.32 Å². The molecule has 0 unspecified atom stereocenters. The predicted octanol–water partition coefficient (Wildman–Crippen LogP) is 1.95. The minimum Gasteiger partial charge on any atom is -0.382 e. The van der Waals surface area contributed by atoms with Crippen LogP contribution in [0.1, 0.15) is 19.4 Å². The second-order valence-corrected chi connectivity index (χ2v) is 7.47. The van der Waals surface area contributed by atoms with Gasteiger partial charge in [-0.2, -0.15) is 5.26 Å². The van der Waals surface area contributed by atoms with Crippen LogP contribution in [0.2, 0.25) is 0 Å². The normalized spacial score (nSPS) is 17.4. The Morgan fingerprint density at radius 1 is 1.43 bits per heavy atom. The van der Waals surface area contributed by atoms with Gasteiger partial charge in [-0.3, -0.25) is 9.11 Å². The maximum Gasteiger partial charge on any atom is 0.143 e. The van der Waals surface area contributed by atoms with Gasteiger partial charge in [-0.1, -0.05) is 6.07 Å². The summed E-state index contributed by atoms with van der Waals surface area (Å²) in [6.45, 7) is 6.39. The molecule has 0 atom stereocenters. The van der Waals surface area contributed by atoms with E-state index < -0.39 is 16.6 Å². The molecule has 1 aromatic carbocycles. The topological polar surface area (TPSA) is 56.1 Å². The minimum atomic E-state index is -0.699. The SMILES string of the molecule is CC(C)(CNc1cccc(F)c1C#N)N1CCS(=O)CC1. The van der Waals surface area contributed by atoms with E-state index in [0.717, 1.165) is 13.1 Å². The van der Waals surface area contributed by atoms with Crippen LogP contribution in [0.4, 0.5) is 10.1 Å². The van der Waals surface area contributed by atoms with Gasteiger partial charge in [0, 0.05) is 47.5 Å². The van der Waals surface area contributed by atoms with Crippen LogP contribution in [-0.2, 0) is 10.8 Å². The molecule has 0 aliphatic carbocycles. The highest BCUT2D eigenvalue weighted by atomic mass is 32.2. The van der Waals surface area contributed by atoms with E-state index in [1.165, 1.54) is 6.07 Å². The first kappa shape index (κ1) is 15.9. The van der Waals surface area contributed by atoms with E-state index in [2.05, 4.69) is 24.1 Å². The van der Waals surface area contributed by atoms with Crippen molar-refractivity contribution in [3.63, 3.8) is 0 Å². The van der Waals surface area contributed by atoms with E-state index in [1.54, 1.807) is 12.1 Å². The highest BCUT2D eigenvalue weighted by molar-refractivity contribution is 7.85. The van der Waals surface area contributed by atoms with Crippen molar-refractivity contribution in [2.45, 2.75) is 19.4 Å². The quantitative estimate of drug-likeness (QED) is 0.923. The third-order valence-electron chi connectivity index (χ3n) is 3.87. The molecule has 6 heteroatoms. The number of anilines is 1. The van der Waals surface area contributed by atoms with Crippen LogP contribution in [-0.4, -0.2) is 45.8 Å². The van der Waals surface area contributed by atoms with E-state index in [9.17, 15) is 8.60 Å². The molecule has 1 saturated heterocycles. The highest BCUT2D eigenvalue weighted by Crippen LogP contribution is 2.21. The van der Waals surface area contributed by atoms with Crippen LogP contribution in [0.25, 0.3) is 0 Å². The van der Waals surface area contributed by atoms with Crippen molar-refractivity contribution in [2.75, 3.05) is 36.5 Å². The average Bonchev–Trinajstić information content (AvgIpc) is 2.46. The van der Waals surface area contributed by atoms with Crippen LogP contribution in [0, 0.1) is 17.1 Å². The fraction of sp³-hybridized carbons (Fsp3) is 0.533. The van der Waals surface area contributed by atoms with E-state index in [1.807, 2.05) is 6.07 Å². The number of halogens is 1. The van der Waals surface area contributed by atoms with E-state index in [4.69, 9.17) is 5.26 Å². The molecule has 0 bridgehead atoms. The summed E-state index contributed by atoms with van der Waals surface area (Å²) in [5.41, 5.74) is 0.420. The van der Waals surface area contributed by atoms with Gasteiger partial charge in [-0.25, -0.2) is 4.39 Å². The fourth-order valence-corrected chi connectivity index (χ4v) is 3.50. The molecular formula is C15H20FN3OS. The van der Waals surface area contributed by atoms with Crippen LogP contribution in [0.3, 0.4) is 0 Å². The van der Waals surface area contributed by atoms with Crippen molar-refractivity contribution in [1.82, 2.24) is 4.90 Å². The van der Waals surface area contributed by atoms with Crippen LogP contribution in [0.15, 0.2) is 18.2 Å². The summed E-state index contributed by atoms with van der Waals surface area (Å²) in [5, 5.41) is 12.2. The van der Waals surface area contributed by atoms with Crippen molar-refractivity contribution in [3.8, 4) is 6.07 Å². The zero-order valence-electron chi connectivity index (χ0n) is 12.4. The Bertz CT molecular complexity index is 573. The maximum atomic E-state index is 13.6. The number of rotatable bonds is 4. The lowest BCUT2D eigenvalue weighted by atomic mass is 10.0. The molecule has 0 amide bonds. The standard InChI is InChI=1S/C15H20FN3OS/c1-15(2,19-6-8-21(20)9-7-19)11-18-14-5-3-4-13(16)12(14)10-17/h3-5,18H,6-9,11H2,1-2H3. The molecule has 0 radical (unpaired) electrons. The van der Waals surface area contributed by atoms with Crippen molar-refractivity contribution >= 4 is 16.5 Å². The van der Waals surface area contributed by atoms with Gasteiger partial charge in [0.15, 0.2) is 0 Å². The van der Waals surface area contributed by atoms with Crippen molar-refractivity contribution < 1.29 is 8.60 Å². The Kier molecular flexibility index (Phi) is 4.96. The number of nitriles is 1. The van der Waals surface area contributed by atoms with Crippen molar-refractivity contribution in [2.24, 2.45) is 0 Å². The Balaban J connectivity index is 2.03. The fourth-order valence-electron chi connectivity index (χ4n) is 2.45. The van der Waals surface area contributed by atoms with Gasteiger partial charge >= 0.3 is 0 Å². The minimum absolute atomic E-state index is 0.0491. The van der Waals surface area contributed by atoms with Crippen molar-refractivity contribution in [1.29, 1.82) is 5.26 Å². The molecule has 1 N–H and O–H groups in total. The van der Waals surface area contributed by atoms with E-state index >= 15 is 0 Å². The summed E-state index contributed by atoms with van der Waals surface area (Å²) < 4.78 is 25.0.